The maximum atomic E-state index is 11.9. The van der Waals surface area contributed by atoms with Gasteiger partial charge in [-0.3, -0.25) is 0 Å². The van der Waals surface area contributed by atoms with Gasteiger partial charge in [0.15, 0.2) is 0 Å². The highest BCUT2D eigenvalue weighted by Gasteiger charge is 2.10. The first kappa shape index (κ1) is 11.1. The van der Waals surface area contributed by atoms with Gasteiger partial charge >= 0.3 is 5.63 Å². The average Bonchev–Trinajstić information content (AvgIpc) is 2.38. The molecule has 0 fully saturated rings. The number of halogens is 1. The molecule has 90 valence electrons. The number of hydrogen-bond acceptors (Lipinski definition) is 3. The van der Waals surface area contributed by atoms with E-state index >= 15 is 0 Å². The predicted molar refractivity (Wildman–Crippen MR) is 71.6 cm³/mol. The van der Waals surface area contributed by atoms with Crippen LogP contribution in [0.25, 0.3) is 21.7 Å². The molecule has 0 N–H and O–H groups in total. The Labute approximate surface area is 108 Å². The van der Waals surface area contributed by atoms with Crippen LogP contribution in [0.15, 0.2) is 45.6 Å². The van der Waals surface area contributed by atoms with Crippen LogP contribution in [0.4, 0.5) is 0 Å². The largest absolute Gasteiger partial charge is 0.497 e. The molecule has 0 aliphatic carbocycles. The summed E-state index contributed by atoms with van der Waals surface area (Å²) >= 11 is 6.17. The maximum Gasteiger partial charge on any atom is 0.344 e. The molecule has 18 heavy (non-hydrogen) atoms. The SMILES string of the molecule is COc1ccc2c(c1)oc(=O)c1cccc(Cl)c12. The second-order valence-electron chi connectivity index (χ2n) is 3.91. The van der Waals surface area contributed by atoms with Gasteiger partial charge in [0.05, 0.1) is 12.5 Å². The highest BCUT2D eigenvalue weighted by atomic mass is 35.5. The third-order valence-electron chi connectivity index (χ3n) is 2.89. The van der Waals surface area contributed by atoms with Crippen LogP contribution in [0.1, 0.15) is 0 Å². The summed E-state index contributed by atoms with van der Waals surface area (Å²) in [4.78, 5) is 11.9. The van der Waals surface area contributed by atoms with Crippen LogP contribution >= 0.6 is 11.6 Å². The molecule has 0 amide bonds. The first-order chi connectivity index (χ1) is 8.70. The summed E-state index contributed by atoms with van der Waals surface area (Å²) < 4.78 is 10.4. The van der Waals surface area contributed by atoms with E-state index in [0.717, 1.165) is 5.39 Å². The minimum atomic E-state index is -0.395. The lowest BCUT2D eigenvalue weighted by Gasteiger charge is -2.05. The third-order valence-corrected chi connectivity index (χ3v) is 3.21. The molecule has 0 saturated heterocycles. The number of benzene rings is 2. The number of hydrogen-bond donors (Lipinski definition) is 0. The molecule has 0 radical (unpaired) electrons. The quantitative estimate of drug-likeness (QED) is 0.496. The number of rotatable bonds is 1. The van der Waals surface area contributed by atoms with Crippen molar-refractivity contribution >= 4 is 33.3 Å². The molecule has 0 saturated carbocycles. The van der Waals surface area contributed by atoms with E-state index in [2.05, 4.69) is 0 Å². The molecule has 0 unspecified atom stereocenters. The van der Waals surface area contributed by atoms with Crippen molar-refractivity contribution in [3.05, 3.63) is 51.8 Å². The summed E-state index contributed by atoms with van der Waals surface area (Å²) in [5.41, 5.74) is 0.0770. The average molecular weight is 261 g/mol. The van der Waals surface area contributed by atoms with E-state index in [1.165, 1.54) is 0 Å². The van der Waals surface area contributed by atoms with Crippen LogP contribution < -0.4 is 10.4 Å². The van der Waals surface area contributed by atoms with Gasteiger partial charge in [-0.05, 0) is 24.3 Å². The Morgan fingerprint density at radius 2 is 2.00 bits per heavy atom. The van der Waals surface area contributed by atoms with Gasteiger partial charge in [0.2, 0.25) is 0 Å². The van der Waals surface area contributed by atoms with E-state index in [1.54, 1.807) is 31.4 Å². The zero-order chi connectivity index (χ0) is 12.7. The van der Waals surface area contributed by atoms with Crippen LogP contribution in [0.5, 0.6) is 5.75 Å². The van der Waals surface area contributed by atoms with Crippen molar-refractivity contribution in [2.75, 3.05) is 7.11 Å². The summed E-state index contributed by atoms with van der Waals surface area (Å²) in [6, 6.07) is 10.5. The fraction of sp³-hybridized carbons (Fsp3) is 0.0714. The number of methoxy groups -OCH3 is 1. The van der Waals surface area contributed by atoms with Gasteiger partial charge in [-0.25, -0.2) is 4.79 Å². The van der Waals surface area contributed by atoms with Crippen LogP contribution in [0.3, 0.4) is 0 Å². The maximum absolute atomic E-state index is 11.9. The monoisotopic (exact) mass is 260 g/mol. The van der Waals surface area contributed by atoms with Crippen LogP contribution in [-0.4, -0.2) is 7.11 Å². The minimum Gasteiger partial charge on any atom is -0.497 e. The first-order valence-corrected chi connectivity index (χ1v) is 5.77. The lowest BCUT2D eigenvalue weighted by Crippen LogP contribution is -2.00. The molecule has 1 heterocycles. The van der Waals surface area contributed by atoms with Crippen molar-refractivity contribution in [2.24, 2.45) is 0 Å². The molecule has 3 nitrogen and oxygen atoms in total. The van der Waals surface area contributed by atoms with E-state index in [1.807, 2.05) is 12.1 Å². The topological polar surface area (TPSA) is 39.4 Å². The number of ether oxygens (including phenoxy) is 1. The van der Waals surface area contributed by atoms with E-state index in [4.69, 9.17) is 20.8 Å². The molecule has 4 heteroatoms. The minimum absolute atomic E-state index is 0.395. The molecule has 1 aromatic heterocycles. The van der Waals surface area contributed by atoms with Gasteiger partial charge < -0.3 is 9.15 Å². The molecule has 2 aromatic carbocycles. The fourth-order valence-electron chi connectivity index (χ4n) is 2.04. The zero-order valence-electron chi connectivity index (χ0n) is 9.57. The molecule has 3 rings (SSSR count). The third kappa shape index (κ3) is 1.56. The Kier molecular flexibility index (Phi) is 2.49. The lowest BCUT2D eigenvalue weighted by atomic mass is 10.1. The van der Waals surface area contributed by atoms with Crippen LogP contribution in [-0.2, 0) is 0 Å². The van der Waals surface area contributed by atoms with Crippen molar-refractivity contribution < 1.29 is 9.15 Å². The fourth-order valence-corrected chi connectivity index (χ4v) is 2.32. The van der Waals surface area contributed by atoms with E-state index in [-0.39, 0.29) is 0 Å². The summed E-state index contributed by atoms with van der Waals surface area (Å²) in [7, 11) is 1.56. The molecular weight excluding hydrogens is 252 g/mol. The molecular formula is C14H9ClO3. The normalized spacial score (nSPS) is 11.0. The molecule has 0 aliphatic rings. The van der Waals surface area contributed by atoms with Crippen molar-refractivity contribution in [1.29, 1.82) is 0 Å². The van der Waals surface area contributed by atoms with Crippen molar-refractivity contribution in [2.45, 2.75) is 0 Å². The smallest absolute Gasteiger partial charge is 0.344 e. The van der Waals surface area contributed by atoms with E-state index in [9.17, 15) is 4.79 Å². The van der Waals surface area contributed by atoms with Crippen LogP contribution in [0.2, 0.25) is 5.02 Å². The van der Waals surface area contributed by atoms with Crippen LogP contribution in [0, 0.1) is 0 Å². The highest BCUT2D eigenvalue weighted by Crippen LogP contribution is 2.30. The standard InChI is InChI=1S/C14H9ClO3/c1-17-8-5-6-9-12(7-8)18-14(16)10-3-2-4-11(15)13(9)10/h2-7H,1H3. The summed E-state index contributed by atoms with van der Waals surface area (Å²) in [6.07, 6.45) is 0. The van der Waals surface area contributed by atoms with Gasteiger partial charge in [0.25, 0.3) is 0 Å². The Morgan fingerprint density at radius 1 is 1.17 bits per heavy atom. The molecule has 0 spiro atoms. The Bertz CT molecular complexity index is 805. The van der Waals surface area contributed by atoms with Gasteiger partial charge in [-0.1, -0.05) is 17.7 Å². The van der Waals surface area contributed by atoms with Crippen molar-refractivity contribution in [3.8, 4) is 5.75 Å². The van der Waals surface area contributed by atoms with E-state index < -0.39 is 5.63 Å². The summed E-state index contributed by atoms with van der Waals surface area (Å²) in [5.74, 6) is 0.636. The summed E-state index contributed by atoms with van der Waals surface area (Å²) in [5, 5.41) is 2.54. The van der Waals surface area contributed by atoms with Gasteiger partial charge in [-0.2, -0.15) is 0 Å². The highest BCUT2D eigenvalue weighted by molar-refractivity contribution is 6.37. The van der Waals surface area contributed by atoms with Crippen molar-refractivity contribution in [1.82, 2.24) is 0 Å². The molecule has 0 bridgehead atoms. The predicted octanol–water partition coefficient (Wildman–Crippen LogP) is 3.61. The molecule has 0 atom stereocenters. The Hall–Kier alpha value is -2.00. The van der Waals surface area contributed by atoms with Crippen molar-refractivity contribution in [3.63, 3.8) is 0 Å². The Morgan fingerprint density at radius 3 is 2.78 bits per heavy atom. The second-order valence-corrected chi connectivity index (χ2v) is 4.32. The lowest BCUT2D eigenvalue weighted by molar-refractivity contribution is 0.414. The Balaban J connectivity index is 2.57. The second kappa shape index (κ2) is 4.03. The molecule has 3 aromatic rings. The van der Waals surface area contributed by atoms with Gasteiger partial charge in [-0.15, -0.1) is 0 Å². The molecule has 0 aliphatic heterocycles. The summed E-state index contributed by atoms with van der Waals surface area (Å²) in [6.45, 7) is 0. The number of fused-ring (bicyclic) bond motifs is 3. The van der Waals surface area contributed by atoms with Gasteiger partial charge in [0.1, 0.15) is 11.3 Å². The first-order valence-electron chi connectivity index (χ1n) is 5.40. The zero-order valence-corrected chi connectivity index (χ0v) is 10.3. The van der Waals surface area contributed by atoms with Gasteiger partial charge in [0, 0.05) is 21.9 Å². The van der Waals surface area contributed by atoms with E-state index in [0.29, 0.717) is 27.1 Å².